The van der Waals surface area contributed by atoms with E-state index in [1.807, 2.05) is 0 Å². The third-order valence-electron chi connectivity index (χ3n) is 3.93. The lowest BCUT2D eigenvalue weighted by molar-refractivity contribution is -0.136. The molecule has 0 atom stereocenters. The largest absolute Gasteiger partial charge is 0.481 e. The summed E-state index contributed by atoms with van der Waals surface area (Å²) in [7, 11) is -3.30. The van der Waals surface area contributed by atoms with E-state index >= 15 is 0 Å². The fourth-order valence-corrected chi connectivity index (χ4v) is 3.66. The topological polar surface area (TPSA) is 83.5 Å². The molecule has 0 radical (unpaired) electrons. The van der Waals surface area contributed by atoms with E-state index in [1.54, 1.807) is 0 Å². The van der Waals surface area contributed by atoms with Crippen LogP contribution in [0.25, 0.3) is 0 Å². The van der Waals surface area contributed by atoms with Gasteiger partial charge in [-0.1, -0.05) is 77.6 Å². The molecule has 0 aliphatic heterocycles. The molecular formula is C17H35NO4S. The van der Waals surface area contributed by atoms with Gasteiger partial charge in [0.05, 0.1) is 12.2 Å². The van der Waals surface area contributed by atoms with Crippen LogP contribution in [0.2, 0.25) is 0 Å². The van der Waals surface area contributed by atoms with E-state index in [2.05, 4.69) is 11.6 Å². The molecule has 0 fully saturated rings. The molecule has 6 heteroatoms. The number of rotatable bonds is 17. The van der Waals surface area contributed by atoms with Crippen LogP contribution in [-0.2, 0) is 14.8 Å². The number of hydrogen-bond donors (Lipinski definition) is 2. The fraction of sp³-hybridized carbons (Fsp3) is 0.941. The summed E-state index contributed by atoms with van der Waals surface area (Å²) in [5, 5.41) is 8.46. The van der Waals surface area contributed by atoms with Crippen LogP contribution in [0.3, 0.4) is 0 Å². The van der Waals surface area contributed by atoms with E-state index in [-0.39, 0.29) is 18.7 Å². The number of carboxylic acids is 1. The average molecular weight is 350 g/mol. The number of unbranched alkanes of at least 4 members (excludes halogenated alkanes) is 11. The first kappa shape index (κ1) is 22.4. The van der Waals surface area contributed by atoms with Crippen molar-refractivity contribution < 1.29 is 18.3 Å². The van der Waals surface area contributed by atoms with E-state index < -0.39 is 16.0 Å². The number of sulfonamides is 1. The molecule has 0 aliphatic carbocycles. The van der Waals surface area contributed by atoms with Crippen molar-refractivity contribution in [2.45, 2.75) is 90.4 Å². The third kappa shape index (κ3) is 17.6. The molecular weight excluding hydrogens is 314 g/mol. The summed E-state index contributed by atoms with van der Waals surface area (Å²) in [4.78, 5) is 10.3. The quantitative estimate of drug-likeness (QED) is 0.388. The average Bonchev–Trinajstić information content (AvgIpc) is 2.47. The van der Waals surface area contributed by atoms with Crippen LogP contribution in [0, 0.1) is 0 Å². The van der Waals surface area contributed by atoms with E-state index in [4.69, 9.17) is 5.11 Å². The van der Waals surface area contributed by atoms with Gasteiger partial charge in [0.15, 0.2) is 0 Å². The Morgan fingerprint density at radius 2 is 1.26 bits per heavy atom. The van der Waals surface area contributed by atoms with Gasteiger partial charge in [0, 0.05) is 6.54 Å². The van der Waals surface area contributed by atoms with Gasteiger partial charge in [-0.25, -0.2) is 13.1 Å². The summed E-state index contributed by atoms with van der Waals surface area (Å²) < 4.78 is 25.5. The molecule has 0 aromatic carbocycles. The van der Waals surface area contributed by atoms with Gasteiger partial charge in [-0.05, 0) is 6.42 Å². The third-order valence-corrected chi connectivity index (χ3v) is 5.40. The van der Waals surface area contributed by atoms with E-state index in [1.165, 1.54) is 57.8 Å². The number of hydrogen-bond acceptors (Lipinski definition) is 3. The number of nitrogens with one attached hydrogen (secondary N) is 1. The summed E-state index contributed by atoms with van der Waals surface area (Å²) >= 11 is 0. The SMILES string of the molecule is CCCCCCCCCCCCCCS(=O)(=O)NCCC(=O)O. The Morgan fingerprint density at radius 1 is 0.826 bits per heavy atom. The lowest BCUT2D eigenvalue weighted by atomic mass is 10.1. The van der Waals surface area contributed by atoms with Gasteiger partial charge in [0.1, 0.15) is 0 Å². The lowest BCUT2D eigenvalue weighted by Crippen LogP contribution is -2.28. The standard InChI is InChI=1S/C17H35NO4S/c1-2-3-4-5-6-7-8-9-10-11-12-13-16-23(21,22)18-15-14-17(19)20/h18H,2-16H2,1H3,(H,19,20). The molecule has 2 N–H and O–H groups in total. The Bertz CT molecular complexity index is 382. The van der Waals surface area contributed by atoms with Crippen molar-refractivity contribution in [3.63, 3.8) is 0 Å². The highest BCUT2D eigenvalue weighted by Gasteiger charge is 2.09. The van der Waals surface area contributed by atoms with Crippen LogP contribution in [0.1, 0.15) is 90.4 Å². The summed E-state index contributed by atoms with van der Waals surface area (Å²) in [6.45, 7) is 2.22. The first-order chi connectivity index (χ1) is 11.0. The minimum absolute atomic E-state index is 0.0179. The Kier molecular flexibility index (Phi) is 14.5. The van der Waals surface area contributed by atoms with Crippen LogP contribution in [0.5, 0.6) is 0 Å². The molecule has 0 aliphatic rings. The maximum atomic E-state index is 11.6. The molecule has 0 heterocycles. The molecule has 0 saturated carbocycles. The molecule has 0 bridgehead atoms. The summed E-state index contributed by atoms with van der Waals surface area (Å²) in [6.07, 6.45) is 14.3. The second kappa shape index (κ2) is 14.9. The molecule has 0 amide bonds. The zero-order valence-electron chi connectivity index (χ0n) is 14.7. The number of aliphatic carboxylic acids is 1. The van der Waals surface area contributed by atoms with Crippen LogP contribution < -0.4 is 4.72 Å². The summed E-state index contributed by atoms with van der Waals surface area (Å²) in [5.41, 5.74) is 0. The van der Waals surface area contributed by atoms with Gasteiger partial charge in [-0.2, -0.15) is 0 Å². The molecule has 138 valence electrons. The van der Waals surface area contributed by atoms with Crippen molar-refractivity contribution in [2.24, 2.45) is 0 Å². The van der Waals surface area contributed by atoms with Gasteiger partial charge in [0.25, 0.3) is 0 Å². The second-order valence-electron chi connectivity index (χ2n) is 6.25. The molecule has 0 saturated heterocycles. The second-order valence-corrected chi connectivity index (χ2v) is 8.17. The van der Waals surface area contributed by atoms with Crippen molar-refractivity contribution in [3.8, 4) is 0 Å². The first-order valence-corrected chi connectivity index (χ1v) is 10.8. The van der Waals surface area contributed by atoms with Crippen LogP contribution in [-0.4, -0.2) is 31.8 Å². The molecule has 23 heavy (non-hydrogen) atoms. The Balaban J connectivity index is 3.33. The van der Waals surface area contributed by atoms with Crippen molar-refractivity contribution >= 4 is 16.0 Å². The monoisotopic (exact) mass is 349 g/mol. The predicted molar refractivity (Wildman–Crippen MR) is 95.1 cm³/mol. The van der Waals surface area contributed by atoms with Gasteiger partial charge in [-0.15, -0.1) is 0 Å². The predicted octanol–water partition coefficient (Wildman–Crippen LogP) is 4.08. The van der Waals surface area contributed by atoms with E-state index in [0.717, 1.165) is 12.8 Å². The lowest BCUT2D eigenvalue weighted by Gasteiger charge is -2.05. The molecule has 0 unspecified atom stereocenters. The molecule has 0 spiro atoms. The summed E-state index contributed by atoms with van der Waals surface area (Å²) in [6, 6.07) is 0. The number of carbonyl (C=O) groups is 1. The summed E-state index contributed by atoms with van der Waals surface area (Å²) in [5.74, 6) is -0.887. The van der Waals surface area contributed by atoms with E-state index in [9.17, 15) is 13.2 Å². The van der Waals surface area contributed by atoms with Crippen molar-refractivity contribution in [1.82, 2.24) is 4.72 Å². The van der Waals surface area contributed by atoms with Gasteiger partial charge in [0.2, 0.25) is 10.0 Å². The van der Waals surface area contributed by atoms with Crippen molar-refractivity contribution in [3.05, 3.63) is 0 Å². The molecule has 5 nitrogen and oxygen atoms in total. The van der Waals surface area contributed by atoms with Crippen molar-refractivity contribution in [1.29, 1.82) is 0 Å². The maximum absolute atomic E-state index is 11.6. The molecule has 0 rings (SSSR count). The highest BCUT2D eigenvalue weighted by molar-refractivity contribution is 7.89. The molecule has 0 aromatic rings. The fourth-order valence-electron chi connectivity index (χ4n) is 2.52. The maximum Gasteiger partial charge on any atom is 0.304 e. The molecule has 0 aromatic heterocycles. The zero-order valence-corrected chi connectivity index (χ0v) is 15.5. The zero-order chi connectivity index (χ0) is 17.4. The first-order valence-electron chi connectivity index (χ1n) is 9.17. The van der Waals surface area contributed by atoms with E-state index in [0.29, 0.717) is 6.42 Å². The normalized spacial score (nSPS) is 11.7. The Hall–Kier alpha value is -0.620. The minimum Gasteiger partial charge on any atom is -0.481 e. The van der Waals surface area contributed by atoms with Gasteiger partial charge >= 0.3 is 5.97 Å². The highest BCUT2D eigenvalue weighted by Crippen LogP contribution is 2.12. The minimum atomic E-state index is -3.30. The smallest absolute Gasteiger partial charge is 0.304 e. The van der Waals surface area contributed by atoms with Crippen molar-refractivity contribution in [2.75, 3.05) is 12.3 Å². The highest BCUT2D eigenvalue weighted by atomic mass is 32.2. The van der Waals surface area contributed by atoms with Gasteiger partial charge in [-0.3, -0.25) is 4.79 Å². The van der Waals surface area contributed by atoms with Gasteiger partial charge < -0.3 is 5.11 Å². The van der Waals surface area contributed by atoms with Crippen LogP contribution >= 0.6 is 0 Å². The van der Waals surface area contributed by atoms with Crippen LogP contribution in [0.4, 0.5) is 0 Å². The Labute approximate surface area is 142 Å². The number of carboxylic acid groups (broad SMARTS) is 1. The Morgan fingerprint density at radius 3 is 1.70 bits per heavy atom. The van der Waals surface area contributed by atoms with Crippen LogP contribution in [0.15, 0.2) is 0 Å².